The lowest BCUT2D eigenvalue weighted by Crippen LogP contribution is -2.30. The summed E-state index contributed by atoms with van der Waals surface area (Å²) in [6.07, 6.45) is 2.33. The molecule has 116 valence electrons. The van der Waals surface area contributed by atoms with Crippen molar-refractivity contribution >= 4 is 22.1 Å². The first-order chi connectivity index (χ1) is 9.78. The number of carboxylic acid groups (broad SMARTS) is 1. The SMILES string of the molecule is COCCN(C)S(=O)(=O)c1cc(C=CC(=O)O)ccc1C. The van der Waals surface area contributed by atoms with Gasteiger partial charge in [0.05, 0.1) is 11.5 Å². The summed E-state index contributed by atoms with van der Waals surface area (Å²) in [5.74, 6) is -1.09. The molecule has 1 aromatic rings. The molecule has 0 heterocycles. The summed E-state index contributed by atoms with van der Waals surface area (Å²) in [6.45, 7) is 2.24. The summed E-state index contributed by atoms with van der Waals surface area (Å²) in [5, 5.41) is 8.62. The lowest BCUT2D eigenvalue weighted by atomic mass is 10.1. The maximum atomic E-state index is 12.5. The summed E-state index contributed by atoms with van der Waals surface area (Å²) >= 11 is 0. The number of ether oxygens (including phenoxy) is 1. The monoisotopic (exact) mass is 313 g/mol. The van der Waals surface area contributed by atoms with Crippen molar-refractivity contribution in [3.63, 3.8) is 0 Å². The van der Waals surface area contributed by atoms with Crippen LogP contribution in [0.4, 0.5) is 0 Å². The van der Waals surface area contributed by atoms with Crippen molar-refractivity contribution in [3.8, 4) is 0 Å². The fraction of sp³-hybridized carbons (Fsp3) is 0.357. The van der Waals surface area contributed by atoms with Gasteiger partial charge in [-0.25, -0.2) is 13.2 Å². The van der Waals surface area contributed by atoms with Gasteiger partial charge in [0.15, 0.2) is 0 Å². The molecule has 6 nitrogen and oxygen atoms in total. The third-order valence-corrected chi connectivity index (χ3v) is 4.93. The van der Waals surface area contributed by atoms with Crippen molar-refractivity contribution in [2.75, 3.05) is 27.3 Å². The number of rotatable bonds is 7. The number of aliphatic carboxylic acids is 1. The zero-order valence-corrected chi connectivity index (χ0v) is 13.1. The molecular formula is C14H19NO5S. The molecule has 0 aromatic heterocycles. The Balaban J connectivity index is 3.16. The number of aryl methyl sites for hydroxylation is 1. The maximum absolute atomic E-state index is 12.5. The van der Waals surface area contributed by atoms with Crippen LogP contribution in [0.25, 0.3) is 6.08 Å². The summed E-state index contributed by atoms with van der Waals surface area (Å²) in [5.41, 5.74) is 1.12. The minimum atomic E-state index is -3.63. The highest BCUT2D eigenvalue weighted by Crippen LogP contribution is 2.21. The molecule has 0 fully saturated rings. The zero-order chi connectivity index (χ0) is 16.0. The van der Waals surface area contributed by atoms with E-state index in [0.717, 1.165) is 6.08 Å². The molecule has 0 saturated carbocycles. The smallest absolute Gasteiger partial charge is 0.328 e. The molecule has 0 bridgehead atoms. The van der Waals surface area contributed by atoms with Gasteiger partial charge in [-0.05, 0) is 30.2 Å². The Morgan fingerprint density at radius 3 is 2.67 bits per heavy atom. The number of carbonyl (C=O) groups is 1. The normalized spacial score (nSPS) is 12.2. The molecule has 1 rings (SSSR count). The Hall–Kier alpha value is -1.70. The van der Waals surface area contributed by atoms with E-state index in [9.17, 15) is 13.2 Å². The molecular weight excluding hydrogens is 294 g/mol. The highest BCUT2D eigenvalue weighted by atomic mass is 32.2. The van der Waals surface area contributed by atoms with Gasteiger partial charge in [-0.2, -0.15) is 4.31 Å². The molecule has 21 heavy (non-hydrogen) atoms. The summed E-state index contributed by atoms with van der Waals surface area (Å²) < 4.78 is 31.1. The summed E-state index contributed by atoms with van der Waals surface area (Å²) in [6, 6.07) is 4.79. The Bertz CT molecular complexity index is 637. The first kappa shape index (κ1) is 17.4. The van der Waals surface area contributed by atoms with Crippen LogP contribution in [0.3, 0.4) is 0 Å². The fourth-order valence-corrected chi connectivity index (χ4v) is 3.08. The van der Waals surface area contributed by atoms with E-state index >= 15 is 0 Å². The van der Waals surface area contributed by atoms with E-state index in [2.05, 4.69) is 0 Å². The van der Waals surface area contributed by atoms with Gasteiger partial charge in [-0.3, -0.25) is 0 Å². The number of hydrogen-bond acceptors (Lipinski definition) is 4. The number of benzene rings is 1. The van der Waals surface area contributed by atoms with Crippen molar-refractivity contribution < 1.29 is 23.1 Å². The molecule has 0 spiro atoms. The first-order valence-electron chi connectivity index (χ1n) is 6.26. The summed E-state index contributed by atoms with van der Waals surface area (Å²) in [4.78, 5) is 10.7. The van der Waals surface area contributed by atoms with Crippen LogP contribution in [0.2, 0.25) is 0 Å². The molecule has 1 N–H and O–H groups in total. The predicted molar refractivity (Wildman–Crippen MR) is 79.5 cm³/mol. The van der Waals surface area contributed by atoms with Crippen LogP contribution >= 0.6 is 0 Å². The Morgan fingerprint density at radius 2 is 2.10 bits per heavy atom. The van der Waals surface area contributed by atoms with Gasteiger partial charge in [0.25, 0.3) is 0 Å². The van der Waals surface area contributed by atoms with Crippen LogP contribution in [0.15, 0.2) is 29.2 Å². The van der Waals surface area contributed by atoms with Crippen molar-refractivity contribution in [2.45, 2.75) is 11.8 Å². The van der Waals surface area contributed by atoms with Crippen LogP contribution in [0.5, 0.6) is 0 Å². The van der Waals surface area contributed by atoms with Crippen molar-refractivity contribution in [2.24, 2.45) is 0 Å². The largest absolute Gasteiger partial charge is 0.478 e. The molecule has 0 radical (unpaired) electrons. The van der Waals surface area contributed by atoms with Gasteiger partial charge in [0, 0.05) is 26.8 Å². The van der Waals surface area contributed by atoms with E-state index in [-0.39, 0.29) is 11.4 Å². The lowest BCUT2D eigenvalue weighted by molar-refractivity contribution is -0.131. The molecule has 0 amide bonds. The summed E-state index contributed by atoms with van der Waals surface area (Å²) in [7, 11) is -0.648. The topological polar surface area (TPSA) is 83.9 Å². The predicted octanol–water partition coefficient (Wildman–Crippen LogP) is 1.36. The second-order valence-corrected chi connectivity index (χ2v) is 6.53. The van der Waals surface area contributed by atoms with Crippen LogP contribution in [-0.4, -0.2) is 51.1 Å². The molecule has 1 aromatic carbocycles. The number of carboxylic acids is 1. The van der Waals surface area contributed by atoms with E-state index in [1.54, 1.807) is 19.1 Å². The van der Waals surface area contributed by atoms with E-state index in [1.165, 1.54) is 30.6 Å². The average Bonchev–Trinajstić information content (AvgIpc) is 2.43. The third-order valence-electron chi connectivity index (χ3n) is 2.93. The third kappa shape index (κ3) is 4.66. The highest BCUT2D eigenvalue weighted by Gasteiger charge is 2.22. The van der Waals surface area contributed by atoms with Gasteiger partial charge in [-0.1, -0.05) is 12.1 Å². The molecule has 0 aliphatic rings. The standard InChI is InChI=1S/C14H19NO5S/c1-11-4-5-12(6-7-14(16)17)10-13(11)21(18,19)15(2)8-9-20-3/h4-7,10H,8-9H2,1-3H3,(H,16,17). The van der Waals surface area contributed by atoms with Crippen molar-refractivity contribution in [1.82, 2.24) is 4.31 Å². The lowest BCUT2D eigenvalue weighted by Gasteiger charge is -2.18. The Morgan fingerprint density at radius 1 is 1.43 bits per heavy atom. The number of likely N-dealkylation sites (N-methyl/N-ethyl adjacent to an activating group) is 1. The highest BCUT2D eigenvalue weighted by molar-refractivity contribution is 7.89. The molecule has 0 aliphatic heterocycles. The number of nitrogens with zero attached hydrogens (tertiary/aromatic N) is 1. The molecule has 7 heteroatoms. The maximum Gasteiger partial charge on any atom is 0.328 e. The van der Waals surface area contributed by atoms with Crippen LogP contribution in [-0.2, 0) is 19.6 Å². The van der Waals surface area contributed by atoms with Gasteiger partial charge in [-0.15, -0.1) is 0 Å². The van der Waals surface area contributed by atoms with Gasteiger partial charge >= 0.3 is 5.97 Å². The first-order valence-corrected chi connectivity index (χ1v) is 7.70. The average molecular weight is 313 g/mol. The molecule has 0 aliphatic carbocycles. The Kier molecular flexibility index (Phi) is 6.07. The minimum absolute atomic E-state index is 0.161. The van der Waals surface area contributed by atoms with Crippen LogP contribution in [0, 0.1) is 6.92 Å². The van der Waals surface area contributed by atoms with E-state index < -0.39 is 16.0 Å². The van der Waals surface area contributed by atoms with E-state index in [4.69, 9.17) is 9.84 Å². The zero-order valence-electron chi connectivity index (χ0n) is 12.2. The Labute approximate surface area is 124 Å². The number of hydrogen-bond donors (Lipinski definition) is 1. The second-order valence-electron chi connectivity index (χ2n) is 4.52. The van der Waals surface area contributed by atoms with Crippen LogP contribution < -0.4 is 0 Å². The minimum Gasteiger partial charge on any atom is -0.478 e. The van der Waals surface area contributed by atoms with Crippen molar-refractivity contribution in [3.05, 3.63) is 35.4 Å². The van der Waals surface area contributed by atoms with Crippen molar-refractivity contribution in [1.29, 1.82) is 0 Å². The van der Waals surface area contributed by atoms with Gasteiger partial charge in [0.2, 0.25) is 10.0 Å². The number of sulfonamides is 1. The van der Waals surface area contributed by atoms with E-state index in [1.807, 2.05) is 0 Å². The van der Waals surface area contributed by atoms with E-state index in [0.29, 0.717) is 17.7 Å². The van der Waals surface area contributed by atoms with Gasteiger partial charge in [0.1, 0.15) is 0 Å². The quantitative estimate of drug-likeness (QED) is 0.768. The van der Waals surface area contributed by atoms with Crippen LogP contribution in [0.1, 0.15) is 11.1 Å². The molecule has 0 saturated heterocycles. The molecule has 0 unspecified atom stereocenters. The fourth-order valence-electron chi connectivity index (χ4n) is 1.67. The molecule has 0 atom stereocenters. The second kappa shape index (κ2) is 7.35. The number of methoxy groups -OCH3 is 1. The van der Waals surface area contributed by atoms with Gasteiger partial charge < -0.3 is 9.84 Å².